The zero-order chi connectivity index (χ0) is 13.8. The molecule has 4 nitrogen and oxygen atoms in total. The zero-order valence-corrected chi connectivity index (χ0v) is 10.9. The Morgan fingerprint density at radius 1 is 1.17 bits per heavy atom. The fourth-order valence-electron chi connectivity index (χ4n) is 1.40. The smallest absolute Gasteiger partial charge is 0.338 e. The quantitative estimate of drug-likeness (QED) is 0.834. The monoisotopic (exact) mass is 250 g/mol. The highest BCUT2D eigenvalue weighted by Gasteiger charge is 2.17. The molecule has 0 unspecified atom stereocenters. The standard InChI is InChI=1S/C14H18O4/c1-14(2,3)18-13(17)11-7-4-10(5-8-11)6-9-12(15)16/h4-5,7-8H,6,9H2,1-3H3,(H,15,16). The topological polar surface area (TPSA) is 63.6 Å². The number of aliphatic carboxylic acids is 1. The summed E-state index contributed by atoms with van der Waals surface area (Å²) in [7, 11) is 0. The highest BCUT2D eigenvalue weighted by atomic mass is 16.6. The number of hydrogen-bond donors (Lipinski definition) is 1. The van der Waals surface area contributed by atoms with Gasteiger partial charge in [0.2, 0.25) is 0 Å². The van der Waals surface area contributed by atoms with E-state index in [4.69, 9.17) is 9.84 Å². The number of carbonyl (C=O) groups excluding carboxylic acids is 1. The summed E-state index contributed by atoms with van der Waals surface area (Å²) >= 11 is 0. The Morgan fingerprint density at radius 2 is 1.72 bits per heavy atom. The average molecular weight is 250 g/mol. The molecule has 0 heterocycles. The number of ether oxygens (including phenoxy) is 1. The zero-order valence-electron chi connectivity index (χ0n) is 10.9. The second-order valence-corrected chi connectivity index (χ2v) is 5.09. The van der Waals surface area contributed by atoms with Gasteiger partial charge in [-0.2, -0.15) is 0 Å². The molecule has 0 radical (unpaired) electrons. The van der Waals surface area contributed by atoms with E-state index in [1.807, 2.05) is 20.8 Å². The minimum absolute atomic E-state index is 0.0891. The lowest BCUT2D eigenvalue weighted by atomic mass is 10.1. The maximum atomic E-state index is 11.7. The van der Waals surface area contributed by atoms with Crippen molar-refractivity contribution in [1.82, 2.24) is 0 Å². The van der Waals surface area contributed by atoms with E-state index in [0.29, 0.717) is 12.0 Å². The molecule has 0 saturated carbocycles. The van der Waals surface area contributed by atoms with Crippen LogP contribution in [0.5, 0.6) is 0 Å². The molecule has 1 aromatic carbocycles. The molecule has 1 N–H and O–H groups in total. The van der Waals surface area contributed by atoms with Gasteiger partial charge in [0.05, 0.1) is 5.56 Å². The lowest BCUT2D eigenvalue weighted by molar-refractivity contribution is -0.136. The van der Waals surface area contributed by atoms with Gasteiger partial charge in [-0.05, 0) is 44.9 Å². The predicted molar refractivity (Wildman–Crippen MR) is 67.6 cm³/mol. The fourth-order valence-corrected chi connectivity index (χ4v) is 1.40. The van der Waals surface area contributed by atoms with Crippen molar-refractivity contribution < 1.29 is 19.4 Å². The Kier molecular flexibility index (Phi) is 4.48. The van der Waals surface area contributed by atoms with Crippen LogP contribution < -0.4 is 0 Å². The van der Waals surface area contributed by atoms with Crippen LogP contribution in [0.2, 0.25) is 0 Å². The molecule has 18 heavy (non-hydrogen) atoms. The summed E-state index contributed by atoms with van der Waals surface area (Å²) in [4.78, 5) is 22.2. The van der Waals surface area contributed by atoms with Gasteiger partial charge >= 0.3 is 11.9 Å². The van der Waals surface area contributed by atoms with Gasteiger partial charge < -0.3 is 9.84 Å². The van der Waals surface area contributed by atoms with Crippen molar-refractivity contribution in [3.63, 3.8) is 0 Å². The molecule has 98 valence electrons. The SMILES string of the molecule is CC(C)(C)OC(=O)c1ccc(CCC(=O)O)cc1. The minimum atomic E-state index is -0.828. The van der Waals surface area contributed by atoms with Gasteiger partial charge in [-0.3, -0.25) is 4.79 Å². The third-order valence-electron chi connectivity index (χ3n) is 2.22. The first-order valence-corrected chi connectivity index (χ1v) is 5.82. The highest BCUT2D eigenvalue weighted by molar-refractivity contribution is 5.89. The summed E-state index contributed by atoms with van der Waals surface area (Å²) in [6, 6.07) is 6.82. The molecular formula is C14H18O4. The van der Waals surface area contributed by atoms with Crippen LogP contribution in [-0.2, 0) is 16.0 Å². The highest BCUT2D eigenvalue weighted by Crippen LogP contribution is 2.13. The van der Waals surface area contributed by atoms with Crippen LogP contribution in [0.25, 0.3) is 0 Å². The lowest BCUT2D eigenvalue weighted by Crippen LogP contribution is -2.23. The van der Waals surface area contributed by atoms with Crippen LogP contribution >= 0.6 is 0 Å². The van der Waals surface area contributed by atoms with Gasteiger partial charge in [-0.25, -0.2) is 4.79 Å². The summed E-state index contributed by atoms with van der Waals surface area (Å²) in [6.45, 7) is 5.43. The molecule has 0 aliphatic heterocycles. The van der Waals surface area contributed by atoms with Gasteiger partial charge in [0.25, 0.3) is 0 Å². The Hall–Kier alpha value is -1.84. The van der Waals surface area contributed by atoms with E-state index in [2.05, 4.69) is 0 Å². The Balaban J connectivity index is 2.65. The molecular weight excluding hydrogens is 232 g/mol. The van der Waals surface area contributed by atoms with Crippen LogP contribution in [0.1, 0.15) is 43.1 Å². The van der Waals surface area contributed by atoms with Crippen LogP contribution in [0, 0.1) is 0 Å². The van der Waals surface area contributed by atoms with Gasteiger partial charge in [0, 0.05) is 6.42 Å². The third kappa shape index (κ3) is 4.99. The van der Waals surface area contributed by atoms with Gasteiger partial charge in [-0.1, -0.05) is 12.1 Å². The Labute approximate surface area is 107 Å². The molecule has 0 aliphatic carbocycles. The lowest BCUT2D eigenvalue weighted by Gasteiger charge is -2.19. The van der Waals surface area contributed by atoms with Crippen LogP contribution in [0.3, 0.4) is 0 Å². The van der Waals surface area contributed by atoms with E-state index < -0.39 is 11.6 Å². The second-order valence-electron chi connectivity index (χ2n) is 5.09. The van der Waals surface area contributed by atoms with E-state index in [-0.39, 0.29) is 12.4 Å². The van der Waals surface area contributed by atoms with Crippen molar-refractivity contribution in [1.29, 1.82) is 0 Å². The molecule has 0 bridgehead atoms. The Bertz CT molecular complexity index is 426. The average Bonchev–Trinajstić information content (AvgIpc) is 2.24. The number of carboxylic acids is 1. The van der Waals surface area contributed by atoms with Crippen LogP contribution in [-0.4, -0.2) is 22.6 Å². The first-order chi connectivity index (χ1) is 8.28. The van der Waals surface area contributed by atoms with E-state index >= 15 is 0 Å². The summed E-state index contributed by atoms with van der Waals surface area (Å²) < 4.78 is 5.23. The summed E-state index contributed by atoms with van der Waals surface area (Å²) in [5, 5.41) is 8.57. The number of esters is 1. The number of carbonyl (C=O) groups is 2. The van der Waals surface area contributed by atoms with E-state index in [1.165, 1.54) is 0 Å². The molecule has 0 saturated heterocycles. The molecule has 1 aromatic rings. The number of benzene rings is 1. The Morgan fingerprint density at radius 3 is 2.17 bits per heavy atom. The first kappa shape index (κ1) is 14.2. The van der Waals surface area contributed by atoms with Gasteiger partial charge in [0.1, 0.15) is 5.60 Å². The predicted octanol–water partition coefficient (Wildman–Crippen LogP) is 2.66. The van der Waals surface area contributed by atoms with Crippen molar-refractivity contribution in [3.8, 4) is 0 Å². The normalized spacial score (nSPS) is 11.1. The van der Waals surface area contributed by atoms with E-state index in [1.54, 1.807) is 24.3 Å². The number of carboxylic acid groups (broad SMARTS) is 1. The minimum Gasteiger partial charge on any atom is -0.481 e. The molecule has 0 spiro atoms. The van der Waals surface area contributed by atoms with Crippen LogP contribution in [0.4, 0.5) is 0 Å². The summed E-state index contributed by atoms with van der Waals surface area (Å²) in [5.41, 5.74) is 0.854. The second kappa shape index (κ2) is 5.67. The number of hydrogen-bond acceptors (Lipinski definition) is 3. The summed E-state index contributed by atoms with van der Waals surface area (Å²) in [6.07, 6.45) is 0.551. The maximum Gasteiger partial charge on any atom is 0.338 e. The molecule has 0 fully saturated rings. The van der Waals surface area contributed by atoms with Gasteiger partial charge in [-0.15, -0.1) is 0 Å². The largest absolute Gasteiger partial charge is 0.481 e. The fraction of sp³-hybridized carbons (Fsp3) is 0.429. The van der Waals surface area contributed by atoms with Crippen molar-refractivity contribution in [3.05, 3.63) is 35.4 Å². The van der Waals surface area contributed by atoms with Crippen LogP contribution in [0.15, 0.2) is 24.3 Å². The van der Waals surface area contributed by atoms with Crippen molar-refractivity contribution in [2.24, 2.45) is 0 Å². The van der Waals surface area contributed by atoms with Gasteiger partial charge in [0.15, 0.2) is 0 Å². The molecule has 0 aromatic heterocycles. The third-order valence-corrected chi connectivity index (χ3v) is 2.22. The van der Waals surface area contributed by atoms with E-state index in [9.17, 15) is 9.59 Å². The molecule has 0 amide bonds. The maximum absolute atomic E-state index is 11.7. The van der Waals surface area contributed by atoms with Crippen molar-refractivity contribution in [2.45, 2.75) is 39.2 Å². The molecule has 1 rings (SSSR count). The summed E-state index contributed by atoms with van der Waals surface area (Å²) in [5.74, 6) is -1.20. The van der Waals surface area contributed by atoms with Crippen molar-refractivity contribution >= 4 is 11.9 Å². The molecule has 0 aliphatic rings. The van der Waals surface area contributed by atoms with E-state index in [0.717, 1.165) is 5.56 Å². The molecule has 4 heteroatoms. The molecule has 0 atom stereocenters. The first-order valence-electron chi connectivity index (χ1n) is 5.82. The number of rotatable bonds is 4. The van der Waals surface area contributed by atoms with Crippen molar-refractivity contribution in [2.75, 3.05) is 0 Å². The number of aryl methyl sites for hydroxylation is 1.